The summed E-state index contributed by atoms with van der Waals surface area (Å²) in [6.07, 6.45) is 4.13. The molecule has 1 aromatic carbocycles. The number of hydrogen-bond donors (Lipinski definition) is 1. The van der Waals surface area contributed by atoms with Gasteiger partial charge in [-0.25, -0.2) is 0 Å². The maximum atomic E-state index is 6.45. The number of nitrogens with one attached hydrogen (secondary N) is 1. The molecule has 0 aliphatic heterocycles. The van der Waals surface area contributed by atoms with E-state index >= 15 is 0 Å². The Kier molecular flexibility index (Phi) is 5.81. The maximum Gasteiger partial charge on any atom is 0.0746 e. The highest BCUT2D eigenvalue weighted by Gasteiger charge is 2.15. The van der Waals surface area contributed by atoms with Crippen molar-refractivity contribution in [2.45, 2.75) is 38.6 Å². The predicted octanol–water partition coefficient (Wildman–Crippen LogP) is 4.37. The van der Waals surface area contributed by atoms with E-state index < -0.39 is 0 Å². The average molecular weight is 291 g/mol. The Hall–Kier alpha value is -1.12. The summed E-state index contributed by atoms with van der Waals surface area (Å²) in [5.41, 5.74) is 2.31. The first kappa shape index (κ1) is 15.3. The summed E-state index contributed by atoms with van der Waals surface area (Å²) >= 11 is 6.45. The molecule has 3 heteroatoms. The molecular weight excluding hydrogens is 268 g/mol. The van der Waals surface area contributed by atoms with Crippen molar-refractivity contribution in [2.24, 2.45) is 5.92 Å². The van der Waals surface area contributed by atoms with Crippen molar-refractivity contribution in [3.8, 4) is 0 Å². The monoisotopic (exact) mass is 290 g/mol. The van der Waals surface area contributed by atoms with Crippen molar-refractivity contribution in [2.75, 3.05) is 6.54 Å². The fourth-order valence-corrected chi connectivity index (χ4v) is 3.09. The summed E-state index contributed by atoms with van der Waals surface area (Å²) in [6, 6.07) is 10.4. The molecule has 0 amide bonds. The third-order valence-corrected chi connectivity index (χ3v) is 4.44. The molecule has 2 rings (SSSR count). The normalized spacial score (nSPS) is 13.0. The van der Waals surface area contributed by atoms with Crippen LogP contribution in [0.15, 0.2) is 36.5 Å². The van der Waals surface area contributed by atoms with Crippen LogP contribution in [-0.4, -0.2) is 16.9 Å². The number of benzene rings is 1. The molecule has 1 atom stereocenters. The number of nitrogens with zero attached hydrogens (tertiary/aromatic N) is 1. The first-order chi connectivity index (χ1) is 9.76. The summed E-state index contributed by atoms with van der Waals surface area (Å²) in [5.74, 6) is 0.592. The number of halogens is 1. The van der Waals surface area contributed by atoms with Crippen LogP contribution in [0, 0.1) is 5.92 Å². The highest BCUT2D eigenvalue weighted by molar-refractivity contribution is 6.21. The zero-order valence-electron chi connectivity index (χ0n) is 12.3. The number of fused-ring (bicyclic) bond motifs is 1. The standard InChI is InChI=1S/C17H23ClN2/c1-3-13(4-2)16(18)12-19-11-15-8-5-7-14-9-6-10-20-17(14)15/h5-10,13,16,19H,3-4,11-12H2,1-2H3. The molecule has 0 saturated heterocycles. The van der Waals surface area contributed by atoms with E-state index in [0.29, 0.717) is 5.92 Å². The lowest BCUT2D eigenvalue weighted by Crippen LogP contribution is -2.28. The molecule has 0 saturated carbocycles. The van der Waals surface area contributed by atoms with Crippen LogP contribution in [-0.2, 0) is 6.54 Å². The molecule has 2 nitrogen and oxygen atoms in total. The molecule has 1 N–H and O–H groups in total. The summed E-state index contributed by atoms with van der Waals surface area (Å²) in [5, 5.41) is 4.86. The Bertz CT molecular complexity index is 532. The molecule has 1 aromatic heterocycles. The van der Waals surface area contributed by atoms with Gasteiger partial charge in [-0.05, 0) is 17.5 Å². The molecule has 0 radical (unpaired) electrons. The molecule has 0 spiro atoms. The summed E-state index contributed by atoms with van der Waals surface area (Å²) in [6.45, 7) is 6.07. The average Bonchev–Trinajstić information content (AvgIpc) is 2.49. The van der Waals surface area contributed by atoms with Crippen LogP contribution >= 0.6 is 11.6 Å². The van der Waals surface area contributed by atoms with E-state index in [-0.39, 0.29) is 5.38 Å². The van der Waals surface area contributed by atoms with E-state index in [1.165, 1.54) is 10.9 Å². The highest BCUT2D eigenvalue weighted by atomic mass is 35.5. The Balaban J connectivity index is 1.96. The Morgan fingerprint density at radius 2 is 1.90 bits per heavy atom. The molecule has 0 aliphatic carbocycles. The van der Waals surface area contributed by atoms with Crippen LogP contribution in [0.4, 0.5) is 0 Å². The Morgan fingerprint density at radius 3 is 2.65 bits per heavy atom. The lowest BCUT2D eigenvalue weighted by Gasteiger charge is -2.19. The minimum absolute atomic E-state index is 0.202. The van der Waals surface area contributed by atoms with E-state index in [1.807, 2.05) is 12.3 Å². The number of para-hydroxylation sites is 1. The first-order valence-electron chi connectivity index (χ1n) is 7.43. The highest BCUT2D eigenvalue weighted by Crippen LogP contribution is 2.19. The van der Waals surface area contributed by atoms with Crippen LogP contribution in [0.1, 0.15) is 32.3 Å². The van der Waals surface area contributed by atoms with Gasteiger partial charge in [0.2, 0.25) is 0 Å². The zero-order valence-corrected chi connectivity index (χ0v) is 13.0. The molecule has 1 unspecified atom stereocenters. The van der Waals surface area contributed by atoms with Gasteiger partial charge in [-0.2, -0.15) is 0 Å². The Morgan fingerprint density at radius 1 is 1.15 bits per heavy atom. The van der Waals surface area contributed by atoms with Crippen LogP contribution in [0.5, 0.6) is 0 Å². The topological polar surface area (TPSA) is 24.9 Å². The molecule has 2 aromatic rings. The minimum Gasteiger partial charge on any atom is -0.311 e. The van der Waals surface area contributed by atoms with Crippen LogP contribution < -0.4 is 5.32 Å². The van der Waals surface area contributed by atoms with Crippen molar-refractivity contribution in [3.63, 3.8) is 0 Å². The molecular formula is C17H23ClN2. The van der Waals surface area contributed by atoms with Crippen LogP contribution in [0.25, 0.3) is 10.9 Å². The van der Waals surface area contributed by atoms with Crippen molar-refractivity contribution < 1.29 is 0 Å². The number of rotatable bonds is 7. The molecule has 0 aliphatic rings. The van der Waals surface area contributed by atoms with E-state index in [2.05, 4.69) is 48.4 Å². The van der Waals surface area contributed by atoms with Gasteiger partial charge in [0.1, 0.15) is 0 Å². The minimum atomic E-state index is 0.202. The van der Waals surface area contributed by atoms with Gasteiger partial charge in [0.05, 0.1) is 5.52 Å². The zero-order chi connectivity index (χ0) is 14.4. The predicted molar refractivity (Wildman–Crippen MR) is 87.2 cm³/mol. The number of pyridine rings is 1. The van der Waals surface area contributed by atoms with Crippen molar-refractivity contribution in [3.05, 3.63) is 42.1 Å². The quantitative estimate of drug-likeness (QED) is 0.766. The Labute approximate surface area is 126 Å². The van der Waals surface area contributed by atoms with Crippen molar-refractivity contribution in [1.82, 2.24) is 10.3 Å². The number of alkyl halides is 1. The van der Waals surface area contributed by atoms with E-state index in [1.54, 1.807) is 0 Å². The van der Waals surface area contributed by atoms with Gasteiger partial charge in [0, 0.05) is 30.0 Å². The fourth-order valence-electron chi connectivity index (χ4n) is 2.62. The van der Waals surface area contributed by atoms with Crippen molar-refractivity contribution >= 4 is 22.5 Å². The summed E-state index contributed by atoms with van der Waals surface area (Å²) in [7, 11) is 0. The second-order valence-electron chi connectivity index (χ2n) is 5.22. The third kappa shape index (κ3) is 3.71. The lowest BCUT2D eigenvalue weighted by atomic mass is 9.99. The molecule has 0 bridgehead atoms. The van der Waals surface area contributed by atoms with Gasteiger partial charge in [-0.3, -0.25) is 4.98 Å². The lowest BCUT2D eigenvalue weighted by molar-refractivity contribution is 0.446. The second kappa shape index (κ2) is 7.61. The summed E-state index contributed by atoms with van der Waals surface area (Å²) < 4.78 is 0. The van der Waals surface area contributed by atoms with E-state index in [9.17, 15) is 0 Å². The number of hydrogen-bond acceptors (Lipinski definition) is 2. The summed E-state index contributed by atoms with van der Waals surface area (Å²) in [4.78, 5) is 4.47. The smallest absolute Gasteiger partial charge is 0.0746 e. The van der Waals surface area contributed by atoms with E-state index in [4.69, 9.17) is 11.6 Å². The van der Waals surface area contributed by atoms with Crippen LogP contribution in [0.3, 0.4) is 0 Å². The molecule has 108 valence electrons. The van der Waals surface area contributed by atoms with Gasteiger partial charge < -0.3 is 5.32 Å². The molecule has 0 fully saturated rings. The first-order valence-corrected chi connectivity index (χ1v) is 7.87. The largest absolute Gasteiger partial charge is 0.311 e. The number of aromatic nitrogens is 1. The van der Waals surface area contributed by atoms with Gasteiger partial charge in [0.15, 0.2) is 0 Å². The molecule has 1 heterocycles. The van der Waals surface area contributed by atoms with Gasteiger partial charge in [0.25, 0.3) is 0 Å². The SMILES string of the molecule is CCC(CC)C(Cl)CNCc1cccc2cccnc12. The maximum absolute atomic E-state index is 6.45. The molecule has 20 heavy (non-hydrogen) atoms. The fraction of sp³-hybridized carbons (Fsp3) is 0.471. The van der Waals surface area contributed by atoms with Gasteiger partial charge in [-0.15, -0.1) is 11.6 Å². The van der Waals surface area contributed by atoms with Gasteiger partial charge in [-0.1, -0.05) is 51.0 Å². The van der Waals surface area contributed by atoms with E-state index in [0.717, 1.165) is 31.4 Å². The second-order valence-corrected chi connectivity index (χ2v) is 5.78. The van der Waals surface area contributed by atoms with Crippen LogP contribution in [0.2, 0.25) is 0 Å². The van der Waals surface area contributed by atoms with Gasteiger partial charge >= 0.3 is 0 Å². The third-order valence-electron chi connectivity index (χ3n) is 3.93. The van der Waals surface area contributed by atoms with Crippen molar-refractivity contribution in [1.29, 1.82) is 0 Å².